The van der Waals surface area contributed by atoms with Crippen LogP contribution < -0.4 is 5.32 Å². The quantitative estimate of drug-likeness (QED) is 0.926. The average Bonchev–Trinajstić information content (AvgIpc) is 3.06. The number of aryl methyl sites for hydroxylation is 1. The molecule has 6 nitrogen and oxygen atoms in total. The van der Waals surface area contributed by atoms with Crippen LogP contribution >= 0.6 is 11.6 Å². The van der Waals surface area contributed by atoms with E-state index in [4.69, 9.17) is 16.3 Å². The Hall–Kier alpha value is -1.92. The van der Waals surface area contributed by atoms with Crippen LogP contribution in [-0.2, 0) is 18.2 Å². The first-order valence-corrected chi connectivity index (χ1v) is 7.48. The first-order chi connectivity index (χ1) is 10.6. The molecule has 22 heavy (non-hydrogen) atoms. The van der Waals surface area contributed by atoms with Crippen LogP contribution in [0, 0.1) is 5.92 Å². The number of nitrogens with zero attached hydrogens (tertiary/aromatic N) is 3. The number of hydrogen-bond acceptors (Lipinski definition) is 4. The number of aromatic nitrogens is 3. The standard InChI is InChI=1S/C15H17ClN4O2/c1-20-7-12(16)14(19-20)15(21)18-13-9-22-8-11(13)6-10-2-4-17-5-3-10/h2-5,7,11,13H,6,8-9H2,1H3,(H,18,21)/t11-,13-/m1/s1. The van der Waals surface area contributed by atoms with E-state index >= 15 is 0 Å². The van der Waals surface area contributed by atoms with Gasteiger partial charge in [0, 0.05) is 31.6 Å². The lowest BCUT2D eigenvalue weighted by Gasteiger charge is -2.18. The van der Waals surface area contributed by atoms with Gasteiger partial charge in [0.1, 0.15) is 0 Å². The van der Waals surface area contributed by atoms with Gasteiger partial charge in [-0.15, -0.1) is 0 Å². The van der Waals surface area contributed by atoms with E-state index in [-0.39, 0.29) is 23.6 Å². The Morgan fingerprint density at radius 1 is 1.45 bits per heavy atom. The summed E-state index contributed by atoms with van der Waals surface area (Å²) in [6.07, 6.45) is 5.98. The molecule has 0 spiro atoms. The Morgan fingerprint density at radius 2 is 2.23 bits per heavy atom. The minimum atomic E-state index is -0.263. The number of carbonyl (C=O) groups excluding carboxylic acids is 1. The van der Waals surface area contributed by atoms with Gasteiger partial charge < -0.3 is 10.1 Å². The summed E-state index contributed by atoms with van der Waals surface area (Å²) in [7, 11) is 1.73. The van der Waals surface area contributed by atoms with E-state index in [1.165, 1.54) is 10.2 Å². The van der Waals surface area contributed by atoms with E-state index in [1.54, 1.807) is 25.6 Å². The van der Waals surface area contributed by atoms with E-state index in [0.717, 1.165) is 6.42 Å². The maximum Gasteiger partial charge on any atom is 0.273 e. The highest BCUT2D eigenvalue weighted by molar-refractivity contribution is 6.33. The summed E-state index contributed by atoms with van der Waals surface area (Å²) in [5, 5.41) is 7.42. The van der Waals surface area contributed by atoms with E-state index in [0.29, 0.717) is 18.2 Å². The number of hydrogen-bond donors (Lipinski definition) is 1. The highest BCUT2D eigenvalue weighted by atomic mass is 35.5. The smallest absolute Gasteiger partial charge is 0.273 e. The fraction of sp³-hybridized carbons (Fsp3) is 0.400. The second-order valence-corrected chi connectivity index (χ2v) is 5.84. The third-order valence-electron chi connectivity index (χ3n) is 3.76. The fourth-order valence-corrected chi connectivity index (χ4v) is 2.90. The SMILES string of the molecule is Cn1cc(Cl)c(C(=O)N[C@@H]2COC[C@H]2Cc2ccncc2)n1. The molecule has 2 aromatic rings. The third kappa shape index (κ3) is 3.28. The Balaban J connectivity index is 1.66. The van der Waals surface area contributed by atoms with Crippen LogP contribution in [0.2, 0.25) is 5.02 Å². The summed E-state index contributed by atoms with van der Waals surface area (Å²) in [5.74, 6) is -0.0327. The molecular formula is C15H17ClN4O2. The van der Waals surface area contributed by atoms with Crippen molar-refractivity contribution < 1.29 is 9.53 Å². The van der Waals surface area contributed by atoms with E-state index < -0.39 is 0 Å². The van der Waals surface area contributed by atoms with Crippen molar-refractivity contribution in [2.75, 3.05) is 13.2 Å². The molecular weight excluding hydrogens is 304 g/mol. The maximum absolute atomic E-state index is 12.3. The number of nitrogens with one attached hydrogen (secondary N) is 1. The molecule has 0 radical (unpaired) electrons. The van der Waals surface area contributed by atoms with Gasteiger partial charge in [-0.1, -0.05) is 11.6 Å². The summed E-state index contributed by atoms with van der Waals surface area (Å²) in [5.41, 5.74) is 1.43. The van der Waals surface area contributed by atoms with Gasteiger partial charge in [0.15, 0.2) is 5.69 Å². The molecule has 0 aliphatic carbocycles. The van der Waals surface area contributed by atoms with Crippen molar-refractivity contribution in [3.8, 4) is 0 Å². The van der Waals surface area contributed by atoms with Crippen LogP contribution in [0.3, 0.4) is 0 Å². The van der Waals surface area contributed by atoms with Gasteiger partial charge >= 0.3 is 0 Å². The zero-order valence-corrected chi connectivity index (χ0v) is 13.0. The molecule has 1 saturated heterocycles. The van der Waals surface area contributed by atoms with Crippen molar-refractivity contribution in [2.45, 2.75) is 12.5 Å². The van der Waals surface area contributed by atoms with Crippen molar-refractivity contribution in [1.29, 1.82) is 0 Å². The monoisotopic (exact) mass is 320 g/mol. The second-order valence-electron chi connectivity index (χ2n) is 5.44. The molecule has 2 aromatic heterocycles. The molecule has 7 heteroatoms. The predicted octanol–water partition coefficient (Wildman–Crippen LogP) is 1.46. The summed E-state index contributed by atoms with van der Waals surface area (Å²) >= 11 is 6.01. The molecule has 2 atom stereocenters. The Bertz CT molecular complexity index is 659. The first kappa shape index (κ1) is 15.0. The number of amides is 1. The molecule has 0 bridgehead atoms. The lowest BCUT2D eigenvalue weighted by molar-refractivity contribution is 0.0919. The van der Waals surface area contributed by atoms with Gasteiger partial charge in [0.25, 0.3) is 5.91 Å². The average molecular weight is 321 g/mol. The van der Waals surface area contributed by atoms with Crippen LogP contribution in [0.25, 0.3) is 0 Å². The summed E-state index contributed by atoms with van der Waals surface area (Å²) < 4.78 is 7.05. The highest BCUT2D eigenvalue weighted by Crippen LogP contribution is 2.20. The van der Waals surface area contributed by atoms with Crippen molar-refractivity contribution >= 4 is 17.5 Å². The predicted molar refractivity (Wildman–Crippen MR) is 81.7 cm³/mol. The number of ether oxygens (including phenoxy) is 1. The second kappa shape index (κ2) is 6.46. The highest BCUT2D eigenvalue weighted by Gasteiger charge is 2.31. The van der Waals surface area contributed by atoms with E-state index in [9.17, 15) is 4.79 Å². The van der Waals surface area contributed by atoms with Crippen LogP contribution in [0.15, 0.2) is 30.7 Å². The van der Waals surface area contributed by atoms with E-state index in [2.05, 4.69) is 15.4 Å². The Labute approximate surface area is 133 Å². The summed E-state index contributed by atoms with van der Waals surface area (Å²) in [4.78, 5) is 16.3. The van der Waals surface area contributed by atoms with Crippen LogP contribution in [0.5, 0.6) is 0 Å². The van der Waals surface area contributed by atoms with Crippen molar-refractivity contribution in [1.82, 2.24) is 20.1 Å². The number of rotatable bonds is 4. The third-order valence-corrected chi connectivity index (χ3v) is 4.04. The molecule has 1 amide bonds. The van der Waals surface area contributed by atoms with Crippen LogP contribution in [-0.4, -0.2) is 39.9 Å². The number of carbonyl (C=O) groups is 1. The van der Waals surface area contributed by atoms with E-state index in [1.807, 2.05) is 12.1 Å². The summed E-state index contributed by atoms with van der Waals surface area (Å²) in [6.45, 7) is 1.13. The molecule has 1 fully saturated rings. The topological polar surface area (TPSA) is 69.0 Å². The molecule has 1 aliphatic heterocycles. The maximum atomic E-state index is 12.3. The van der Waals surface area contributed by atoms with Crippen LogP contribution in [0.4, 0.5) is 0 Å². The zero-order chi connectivity index (χ0) is 15.5. The molecule has 0 unspecified atom stereocenters. The first-order valence-electron chi connectivity index (χ1n) is 7.10. The molecule has 116 valence electrons. The van der Waals surface area contributed by atoms with Gasteiger partial charge in [0.2, 0.25) is 0 Å². The van der Waals surface area contributed by atoms with Gasteiger partial charge in [-0.25, -0.2) is 0 Å². The van der Waals surface area contributed by atoms with Gasteiger partial charge in [0.05, 0.1) is 24.3 Å². The van der Waals surface area contributed by atoms with Crippen molar-refractivity contribution in [3.05, 3.63) is 47.0 Å². The zero-order valence-electron chi connectivity index (χ0n) is 12.2. The lowest BCUT2D eigenvalue weighted by atomic mass is 9.95. The molecule has 1 N–H and O–H groups in total. The molecule has 3 heterocycles. The van der Waals surface area contributed by atoms with Gasteiger partial charge in [-0.05, 0) is 24.1 Å². The van der Waals surface area contributed by atoms with Crippen molar-refractivity contribution in [3.63, 3.8) is 0 Å². The Morgan fingerprint density at radius 3 is 2.91 bits per heavy atom. The molecule has 0 aromatic carbocycles. The molecule has 0 saturated carbocycles. The minimum absolute atomic E-state index is 0.0428. The summed E-state index contributed by atoms with van der Waals surface area (Å²) in [6, 6.07) is 3.92. The van der Waals surface area contributed by atoms with Gasteiger partial charge in [-0.2, -0.15) is 5.10 Å². The Kier molecular flexibility index (Phi) is 4.40. The minimum Gasteiger partial charge on any atom is -0.379 e. The lowest BCUT2D eigenvalue weighted by Crippen LogP contribution is -2.40. The van der Waals surface area contributed by atoms with Crippen LogP contribution in [0.1, 0.15) is 16.1 Å². The molecule has 3 rings (SSSR count). The largest absolute Gasteiger partial charge is 0.379 e. The van der Waals surface area contributed by atoms with Crippen molar-refractivity contribution in [2.24, 2.45) is 13.0 Å². The number of halogens is 1. The van der Waals surface area contributed by atoms with Gasteiger partial charge in [-0.3, -0.25) is 14.5 Å². The fourth-order valence-electron chi connectivity index (χ4n) is 2.63. The normalized spacial score (nSPS) is 21.0. The number of pyridine rings is 1. The molecule has 1 aliphatic rings.